The molecule has 0 saturated carbocycles. The zero-order valence-electron chi connectivity index (χ0n) is 11.2. The Morgan fingerprint density at radius 2 is 2.05 bits per heavy atom. The molecule has 1 unspecified atom stereocenters. The van der Waals surface area contributed by atoms with E-state index in [1.807, 2.05) is 0 Å². The molecule has 0 aliphatic rings. The fourth-order valence-corrected chi connectivity index (χ4v) is 1.90. The highest BCUT2D eigenvalue weighted by atomic mass is 19.4. The molecule has 2 aromatic rings. The Kier molecular flexibility index (Phi) is 3.76. The average molecular weight is 299 g/mol. The zero-order chi connectivity index (χ0) is 15.8. The number of aryl methyl sites for hydroxylation is 1. The summed E-state index contributed by atoms with van der Waals surface area (Å²) in [6.07, 6.45) is -4.48. The monoisotopic (exact) mass is 299 g/mol. The van der Waals surface area contributed by atoms with E-state index in [0.717, 1.165) is 12.1 Å². The van der Waals surface area contributed by atoms with Crippen LogP contribution in [-0.4, -0.2) is 16.1 Å². The van der Waals surface area contributed by atoms with Crippen molar-refractivity contribution >= 4 is 5.97 Å². The maximum absolute atomic E-state index is 12.7. The summed E-state index contributed by atoms with van der Waals surface area (Å²) in [5.41, 5.74) is -0.534. The van der Waals surface area contributed by atoms with Crippen molar-refractivity contribution in [3.8, 4) is 11.3 Å². The van der Waals surface area contributed by atoms with Crippen LogP contribution in [0.15, 0.2) is 28.7 Å². The first-order valence-corrected chi connectivity index (χ1v) is 6.08. The summed E-state index contributed by atoms with van der Waals surface area (Å²) >= 11 is 0. The van der Waals surface area contributed by atoms with E-state index in [1.165, 1.54) is 26.0 Å². The van der Waals surface area contributed by atoms with Gasteiger partial charge in [-0.3, -0.25) is 4.79 Å². The second kappa shape index (κ2) is 5.23. The first kappa shape index (κ1) is 15.1. The van der Waals surface area contributed by atoms with E-state index in [-0.39, 0.29) is 22.9 Å². The molecule has 0 radical (unpaired) electrons. The van der Waals surface area contributed by atoms with Crippen LogP contribution in [0.4, 0.5) is 13.2 Å². The molecule has 0 spiro atoms. The minimum absolute atomic E-state index is 0.0410. The van der Waals surface area contributed by atoms with Gasteiger partial charge in [0.25, 0.3) is 0 Å². The van der Waals surface area contributed by atoms with Crippen molar-refractivity contribution in [2.45, 2.75) is 25.9 Å². The first-order valence-electron chi connectivity index (χ1n) is 6.08. The molecule has 0 saturated heterocycles. The van der Waals surface area contributed by atoms with Gasteiger partial charge in [-0.15, -0.1) is 0 Å². The molecule has 0 fully saturated rings. The minimum atomic E-state index is -4.48. The third-order valence-electron chi connectivity index (χ3n) is 2.99. The summed E-state index contributed by atoms with van der Waals surface area (Å²) < 4.78 is 43.5. The van der Waals surface area contributed by atoms with Gasteiger partial charge < -0.3 is 9.52 Å². The number of benzene rings is 1. The number of oxazole rings is 1. The van der Waals surface area contributed by atoms with E-state index < -0.39 is 23.6 Å². The maximum atomic E-state index is 12.7. The lowest BCUT2D eigenvalue weighted by atomic mass is 10.0. The number of nitrogens with zero attached hydrogens (tertiary/aromatic N) is 1. The largest absolute Gasteiger partial charge is 0.481 e. The number of rotatable bonds is 3. The number of carbonyl (C=O) groups is 1. The van der Waals surface area contributed by atoms with Crippen LogP contribution in [0.1, 0.15) is 30.1 Å². The zero-order valence-corrected chi connectivity index (χ0v) is 11.2. The predicted molar refractivity (Wildman–Crippen MR) is 67.7 cm³/mol. The Labute approximate surface area is 118 Å². The molecule has 2 rings (SSSR count). The molecular formula is C14H12F3NO3. The lowest BCUT2D eigenvalue weighted by Gasteiger charge is -2.09. The molecule has 0 aliphatic heterocycles. The van der Waals surface area contributed by atoms with Gasteiger partial charge in [0.1, 0.15) is 17.4 Å². The van der Waals surface area contributed by atoms with Crippen molar-refractivity contribution in [1.29, 1.82) is 0 Å². The van der Waals surface area contributed by atoms with Gasteiger partial charge in [-0.2, -0.15) is 13.2 Å². The maximum Gasteiger partial charge on any atom is 0.416 e. The molecule has 0 aliphatic carbocycles. The van der Waals surface area contributed by atoms with E-state index in [1.54, 1.807) is 0 Å². The van der Waals surface area contributed by atoms with Gasteiger partial charge in [-0.05, 0) is 19.1 Å². The summed E-state index contributed by atoms with van der Waals surface area (Å²) in [5.74, 6) is -1.90. The fourth-order valence-electron chi connectivity index (χ4n) is 1.90. The Morgan fingerprint density at radius 1 is 1.38 bits per heavy atom. The van der Waals surface area contributed by atoms with Crippen LogP contribution in [0.25, 0.3) is 11.3 Å². The van der Waals surface area contributed by atoms with E-state index in [2.05, 4.69) is 4.98 Å². The number of hydrogen-bond donors (Lipinski definition) is 1. The molecule has 112 valence electrons. The van der Waals surface area contributed by atoms with Crippen molar-refractivity contribution in [2.24, 2.45) is 0 Å². The number of hydrogen-bond acceptors (Lipinski definition) is 3. The van der Waals surface area contributed by atoms with Gasteiger partial charge in [-0.25, -0.2) is 4.98 Å². The van der Waals surface area contributed by atoms with Crippen LogP contribution in [0.3, 0.4) is 0 Å². The number of aliphatic carboxylic acids is 1. The van der Waals surface area contributed by atoms with Crippen LogP contribution in [-0.2, 0) is 11.0 Å². The van der Waals surface area contributed by atoms with Gasteiger partial charge in [0.05, 0.1) is 5.56 Å². The molecule has 0 bridgehead atoms. The molecule has 1 aromatic heterocycles. The predicted octanol–water partition coefficient (Wildman–Crippen LogP) is 3.86. The molecular weight excluding hydrogens is 287 g/mol. The number of halogens is 3. The second-order valence-corrected chi connectivity index (χ2v) is 4.58. The van der Waals surface area contributed by atoms with Crippen LogP contribution < -0.4 is 0 Å². The lowest BCUT2D eigenvalue weighted by Crippen LogP contribution is -2.08. The Balaban J connectivity index is 2.55. The van der Waals surface area contributed by atoms with Gasteiger partial charge in [0, 0.05) is 12.5 Å². The van der Waals surface area contributed by atoms with E-state index in [9.17, 15) is 18.0 Å². The summed E-state index contributed by atoms with van der Waals surface area (Å²) in [6.45, 7) is 2.90. The van der Waals surface area contributed by atoms with Crippen LogP contribution >= 0.6 is 0 Å². The first-order chi connectivity index (χ1) is 9.70. The van der Waals surface area contributed by atoms with E-state index >= 15 is 0 Å². The van der Waals surface area contributed by atoms with Crippen LogP contribution in [0.5, 0.6) is 0 Å². The summed E-state index contributed by atoms with van der Waals surface area (Å²) in [5, 5.41) is 9.03. The van der Waals surface area contributed by atoms with Crippen molar-refractivity contribution in [1.82, 2.24) is 4.98 Å². The van der Waals surface area contributed by atoms with Gasteiger partial charge in [0.2, 0.25) is 0 Å². The molecule has 21 heavy (non-hydrogen) atoms. The van der Waals surface area contributed by atoms with Gasteiger partial charge >= 0.3 is 12.1 Å². The highest BCUT2D eigenvalue weighted by Gasteiger charge is 2.31. The quantitative estimate of drug-likeness (QED) is 0.934. The highest BCUT2D eigenvalue weighted by molar-refractivity contribution is 5.78. The Morgan fingerprint density at radius 3 is 2.62 bits per heavy atom. The Bertz CT molecular complexity index is 676. The molecule has 0 amide bonds. The van der Waals surface area contributed by atoms with E-state index in [4.69, 9.17) is 9.52 Å². The molecule has 1 N–H and O–H groups in total. The normalized spacial score (nSPS) is 13.2. The smallest absolute Gasteiger partial charge is 0.416 e. The second-order valence-electron chi connectivity index (χ2n) is 4.58. The van der Waals surface area contributed by atoms with Gasteiger partial charge in [-0.1, -0.05) is 12.1 Å². The average Bonchev–Trinajstić information content (AvgIpc) is 2.79. The molecule has 1 heterocycles. The summed E-state index contributed by atoms with van der Waals surface area (Å²) in [6, 6.07) is 4.55. The third-order valence-corrected chi connectivity index (χ3v) is 2.99. The number of aromatic nitrogens is 1. The number of carboxylic acids is 1. The van der Waals surface area contributed by atoms with Crippen molar-refractivity contribution in [3.05, 3.63) is 41.5 Å². The molecule has 4 nitrogen and oxygen atoms in total. The minimum Gasteiger partial charge on any atom is -0.481 e. The molecule has 1 atom stereocenters. The van der Waals surface area contributed by atoms with Crippen molar-refractivity contribution in [2.75, 3.05) is 0 Å². The third kappa shape index (κ3) is 3.07. The lowest BCUT2D eigenvalue weighted by molar-refractivity contribution is -0.139. The molecule has 1 aromatic carbocycles. The summed E-state index contributed by atoms with van der Waals surface area (Å²) in [7, 11) is 0. The van der Waals surface area contributed by atoms with Crippen LogP contribution in [0, 0.1) is 6.92 Å². The van der Waals surface area contributed by atoms with Gasteiger partial charge in [0.15, 0.2) is 5.89 Å². The van der Waals surface area contributed by atoms with E-state index in [0.29, 0.717) is 0 Å². The highest BCUT2D eigenvalue weighted by Crippen LogP contribution is 2.34. The standard InChI is InChI=1S/C14H12F3NO3/c1-7(13(19)20)12-11(18-8(2)21-12)9-4-3-5-10(6-9)14(15,16)17/h3-7H,1-2H3,(H,19,20). The number of alkyl halides is 3. The SMILES string of the molecule is Cc1nc(-c2cccc(C(F)(F)F)c2)c(C(C)C(=O)O)o1. The molecule has 7 heteroatoms. The van der Waals surface area contributed by atoms with Crippen molar-refractivity contribution in [3.63, 3.8) is 0 Å². The fraction of sp³-hybridized carbons (Fsp3) is 0.286. The van der Waals surface area contributed by atoms with Crippen molar-refractivity contribution < 1.29 is 27.5 Å². The van der Waals surface area contributed by atoms with Crippen LogP contribution in [0.2, 0.25) is 0 Å². The number of carboxylic acid groups (broad SMARTS) is 1. The summed E-state index contributed by atoms with van der Waals surface area (Å²) in [4.78, 5) is 15.1. The topological polar surface area (TPSA) is 63.3 Å². The Hall–Kier alpha value is -2.31.